The molecule has 0 saturated carbocycles. The Hall–Kier alpha value is -1.14. The summed E-state index contributed by atoms with van der Waals surface area (Å²) in [7, 11) is 1.90. The molecule has 4 nitrogen and oxygen atoms in total. The molecular weight excluding hydrogens is 278 g/mol. The van der Waals surface area contributed by atoms with Crippen LogP contribution >= 0.6 is 23.5 Å². The van der Waals surface area contributed by atoms with E-state index in [-0.39, 0.29) is 0 Å². The fraction of sp³-hybridized carbons (Fsp3) is 0.385. The quantitative estimate of drug-likeness (QED) is 0.937. The molecule has 2 aromatic rings. The average Bonchev–Trinajstić information content (AvgIpc) is 2.98. The van der Waals surface area contributed by atoms with Crippen LogP contribution in [0.15, 0.2) is 28.8 Å². The lowest BCUT2D eigenvalue weighted by molar-refractivity contribution is 0.423. The number of nitrogens with one attached hydrogen (secondary N) is 1. The van der Waals surface area contributed by atoms with Crippen molar-refractivity contribution >= 4 is 29.2 Å². The summed E-state index contributed by atoms with van der Waals surface area (Å²) in [6.45, 7) is 0. The van der Waals surface area contributed by atoms with Crippen LogP contribution in [-0.2, 0) is 0 Å². The number of nitrogens with zero attached hydrogens (tertiary/aromatic N) is 2. The van der Waals surface area contributed by atoms with E-state index in [0.29, 0.717) is 11.1 Å². The minimum atomic E-state index is 0.368. The van der Waals surface area contributed by atoms with E-state index in [1.807, 2.05) is 54.8 Å². The molecule has 1 aromatic carbocycles. The third kappa shape index (κ3) is 2.90. The van der Waals surface area contributed by atoms with Gasteiger partial charge in [-0.15, -0.1) is 11.8 Å². The summed E-state index contributed by atoms with van der Waals surface area (Å²) in [4.78, 5) is 4.53. The third-order valence-corrected chi connectivity index (χ3v) is 5.72. The molecule has 1 atom stereocenters. The Bertz CT molecular complexity index is 535. The molecular formula is C13H15N3OS2. The Morgan fingerprint density at radius 3 is 2.79 bits per heavy atom. The van der Waals surface area contributed by atoms with Crippen molar-refractivity contribution < 1.29 is 4.52 Å². The molecule has 3 rings (SSSR count). The smallest absolute Gasteiger partial charge is 0.257 e. The Morgan fingerprint density at radius 2 is 2.11 bits per heavy atom. The highest BCUT2D eigenvalue weighted by molar-refractivity contribution is 8.06. The van der Waals surface area contributed by atoms with Crippen molar-refractivity contribution in [2.24, 2.45) is 0 Å². The van der Waals surface area contributed by atoms with Crippen molar-refractivity contribution in [2.45, 2.75) is 5.25 Å². The zero-order chi connectivity index (χ0) is 13.1. The monoisotopic (exact) mass is 293 g/mol. The fourth-order valence-electron chi connectivity index (χ4n) is 1.90. The van der Waals surface area contributed by atoms with Crippen LogP contribution < -0.4 is 5.32 Å². The van der Waals surface area contributed by atoms with E-state index in [4.69, 9.17) is 4.52 Å². The molecule has 6 heteroatoms. The van der Waals surface area contributed by atoms with Crippen LogP contribution in [0.25, 0.3) is 11.5 Å². The number of benzene rings is 1. The lowest BCUT2D eigenvalue weighted by Crippen LogP contribution is -2.07. The van der Waals surface area contributed by atoms with E-state index in [1.165, 1.54) is 5.75 Å². The van der Waals surface area contributed by atoms with Gasteiger partial charge in [-0.2, -0.15) is 16.7 Å². The predicted octanol–water partition coefficient (Wildman–Crippen LogP) is 3.30. The molecule has 19 heavy (non-hydrogen) atoms. The van der Waals surface area contributed by atoms with Gasteiger partial charge in [0.15, 0.2) is 5.82 Å². The molecule has 1 aromatic heterocycles. The van der Waals surface area contributed by atoms with Crippen LogP contribution in [0.2, 0.25) is 0 Å². The first-order valence-corrected chi connectivity index (χ1v) is 8.38. The second-order valence-electron chi connectivity index (χ2n) is 4.22. The SMILES string of the molecule is CNc1ccc(-c2nc(C3CSCCS3)no2)cc1. The summed E-state index contributed by atoms with van der Waals surface area (Å²) in [5.74, 6) is 4.88. The number of hydrogen-bond donors (Lipinski definition) is 1. The van der Waals surface area contributed by atoms with Gasteiger partial charge in [0.1, 0.15) is 0 Å². The van der Waals surface area contributed by atoms with E-state index in [9.17, 15) is 0 Å². The summed E-state index contributed by atoms with van der Waals surface area (Å²) >= 11 is 3.87. The Balaban J connectivity index is 1.79. The maximum atomic E-state index is 5.37. The number of aromatic nitrogens is 2. The van der Waals surface area contributed by atoms with Crippen LogP contribution in [-0.4, -0.2) is 34.4 Å². The summed E-state index contributed by atoms with van der Waals surface area (Å²) in [6.07, 6.45) is 0. The summed E-state index contributed by atoms with van der Waals surface area (Å²) in [6, 6.07) is 7.99. The first-order valence-electron chi connectivity index (χ1n) is 6.18. The molecule has 0 radical (unpaired) electrons. The first-order chi connectivity index (χ1) is 9.36. The second-order valence-corrected chi connectivity index (χ2v) is 6.68. The van der Waals surface area contributed by atoms with Gasteiger partial charge in [-0.25, -0.2) is 0 Å². The normalized spacial score (nSPS) is 19.3. The molecule has 1 aliphatic heterocycles. The van der Waals surface area contributed by atoms with Gasteiger partial charge in [-0.3, -0.25) is 0 Å². The van der Waals surface area contributed by atoms with Gasteiger partial charge >= 0.3 is 0 Å². The summed E-state index contributed by atoms with van der Waals surface area (Å²) in [5.41, 5.74) is 2.04. The molecule has 100 valence electrons. The fourth-order valence-corrected chi connectivity index (χ4v) is 4.49. The molecule has 0 bridgehead atoms. The summed E-state index contributed by atoms with van der Waals surface area (Å²) in [5, 5.41) is 7.58. The first kappa shape index (κ1) is 12.9. The van der Waals surface area contributed by atoms with Gasteiger partial charge in [0.05, 0.1) is 5.25 Å². The lowest BCUT2D eigenvalue weighted by Gasteiger charge is -2.16. The van der Waals surface area contributed by atoms with Gasteiger partial charge in [-0.05, 0) is 24.3 Å². The maximum absolute atomic E-state index is 5.37. The summed E-state index contributed by atoms with van der Waals surface area (Å²) < 4.78 is 5.37. The minimum absolute atomic E-state index is 0.368. The van der Waals surface area contributed by atoms with Crippen LogP contribution in [0, 0.1) is 0 Å². The molecule has 1 N–H and O–H groups in total. The minimum Gasteiger partial charge on any atom is -0.388 e. The molecule has 1 fully saturated rings. The maximum Gasteiger partial charge on any atom is 0.257 e. The van der Waals surface area contributed by atoms with E-state index >= 15 is 0 Å². The number of hydrogen-bond acceptors (Lipinski definition) is 6. The van der Waals surface area contributed by atoms with Crippen molar-refractivity contribution in [3.05, 3.63) is 30.1 Å². The van der Waals surface area contributed by atoms with Crippen molar-refractivity contribution in [1.29, 1.82) is 0 Å². The Labute approximate surface area is 120 Å². The lowest BCUT2D eigenvalue weighted by atomic mass is 10.2. The number of rotatable bonds is 3. The zero-order valence-electron chi connectivity index (χ0n) is 10.6. The van der Waals surface area contributed by atoms with Crippen molar-refractivity contribution in [3.8, 4) is 11.5 Å². The van der Waals surface area contributed by atoms with E-state index in [0.717, 1.165) is 28.6 Å². The van der Waals surface area contributed by atoms with Gasteiger partial charge in [0, 0.05) is 35.6 Å². The van der Waals surface area contributed by atoms with Crippen LogP contribution in [0.3, 0.4) is 0 Å². The van der Waals surface area contributed by atoms with Crippen molar-refractivity contribution in [1.82, 2.24) is 10.1 Å². The van der Waals surface area contributed by atoms with Crippen molar-refractivity contribution in [3.63, 3.8) is 0 Å². The highest BCUT2D eigenvalue weighted by Gasteiger charge is 2.22. The van der Waals surface area contributed by atoms with Gasteiger partial charge in [-0.1, -0.05) is 5.16 Å². The molecule has 0 aliphatic carbocycles. The van der Waals surface area contributed by atoms with Crippen LogP contribution in [0.5, 0.6) is 0 Å². The predicted molar refractivity (Wildman–Crippen MR) is 81.8 cm³/mol. The zero-order valence-corrected chi connectivity index (χ0v) is 12.3. The average molecular weight is 293 g/mol. The largest absolute Gasteiger partial charge is 0.388 e. The molecule has 1 aliphatic rings. The highest BCUT2D eigenvalue weighted by Crippen LogP contribution is 2.35. The van der Waals surface area contributed by atoms with Crippen molar-refractivity contribution in [2.75, 3.05) is 29.6 Å². The van der Waals surface area contributed by atoms with Crippen LogP contribution in [0.1, 0.15) is 11.1 Å². The Kier molecular flexibility index (Phi) is 3.98. The third-order valence-electron chi connectivity index (χ3n) is 2.97. The molecule has 2 heterocycles. The topological polar surface area (TPSA) is 51.0 Å². The van der Waals surface area contributed by atoms with E-state index in [2.05, 4.69) is 15.5 Å². The van der Waals surface area contributed by atoms with Gasteiger partial charge in [0.25, 0.3) is 5.89 Å². The van der Waals surface area contributed by atoms with Crippen LogP contribution in [0.4, 0.5) is 5.69 Å². The number of anilines is 1. The Morgan fingerprint density at radius 1 is 1.26 bits per heavy atom. The molecule has 1 saturated heterocycles. The van der Waals surface area contributed by atoms with Gasteiger partial charge in [0.2, 0.25) is 0 Å². The molecule has 0 amide bonds. The standard InChI is InChI=1S/C13H15N3OS2/c1-14-10-4-2-9(3-5-10)13-15-12(16-17-13)11-8-18-6-7-19-11/h2-5,11,14H,6-8H2,1H3. The number of thioether (sulfide) groups is 2. The molecule has 1 unspecified atom stereocenters. The second kappa shape index (κ2) is 5.88. The van der Waals surface area contributed by atoms with E-state index < -0.39 is 0 Å². The molecule has 0 spiro atoms. The van der Waals surface area contributed by atoms with Gasteiger partial charge < -0.3 is 9.84 Å². The van der Waals surface area contributed by atoms with E-state index in [1.54, 1.807) is 0 Å². The highest BCUT2D eigenvalue weighted by atomic mass is 32.2.